The molecule has 0 unspecified atom stereocenters. The smallest absolute Gasteiger partial charge is 0.00704 e. The third-order valence-electron chi connectivity index (χ3n) is 7.55. The minimum atomic E-state index is 1.04. The monoisotopic (exact) mass is 464 g/mol. The van der Waals surface area contributed by atoms with Crippen LogP contribution >= 0.6 is 0 Å². The van der Waals surface area contributed by atoms with Gasteiger partial charge in [0.1, 0.15) is 0 Å². The predicted octanol–water partition coefficient (Wildman–Crippen LogP) is 8.03. The fourth-order valence-electron chi connectivity index (χ4n) is 5.81. The van der Waals surface area contributed by atoms with Gasteiger partial charge in [-0.2, -0.15) is 0 Å². The number of allylic oxidation sites excluding steroid dienone is 10. The lowest BCUT2D eigenvalue weighted by Crippen LogP contribution is -2.30. The third kappa shape index (κ3) is 4.52. The Kier molecular flexibility index (Phi) is 6.50. The van der Waals surface area contributed by atoms with Crippen molar-refractivity contribution in [1.29, 1.82) is 0 Å². The molecular weight excluding hydrogens is 432 g/mol. The van der Waals surface area contributed by atoms with Gasteiger partial charge in [-0.05, 0) is 93.5 Å². The zero-order valence-corrected chi connectivity index (χ0v) is 20.8. The van der Waals surface area contributed by atoms with E-state index in [2.05, 4.69) is 121 Å². The van der Waals surface area contributed by atoms with Gasteiger partial charge in [0.15, 0.2) is 0 Å². The first-order valence-corrected chi connectivity index (χ1v) is 13.3. The number of hydrogen-bond acceptors (Lipinski definition) is 0. The van der Waals surface area contributed by atoms with Crippen molar-refractivity contribution in [2.45, 2.75) is 38.5 Å². The van der Waals surface area contributed by atoms with Crippen LogP contribution in [0.15, 0.2) is 120 Å². The van der Waals surface area contributed by atoms with Crippen molar-refractivity contribution in [3.05, 3.63) is 148 Å². The van der Waals surface area contributed by atoms with Gasteiger partial charge in [-0.3, -0.25) is 0 Å². The Morgan fingerprint density at radius 1 is 0.528 bits per heavy atom. The Bertz CT molecular complexity index is 1540. The maximum Gasteiger partial charge on any atom is -0.00704 e. The molecule has 0 amide bonds. The van der Waals surface area contributed by atoms with Crippen LogP contribution in [-0.2, 0) is 0 Å². The van der Waals surface area contributed by atoms with Gasteiger partial charge in [0.25, 0.3) is 0 Å². The lowest BCUT2D eigenvalue weighted by Gasteiger charge is -2.24. The highest BCUT2D eigenvalue weighted by atomic mass is 14.2. The molecule has 0 aromatic heterocycles. The van der Waals surface area contributed by atoms with Gasteiger partial charge in [0.05, 0.1) is 0 Å². The molecule has 3 aromatic carbocycles. The van der Waals surface area contributed by atoms with Crippen LogP contribution in [0.5, 0.6) is 0 Å². The molecule has 0 heteroatoms. The highest BCUT2D eigenvalue weighted by Crippen LogP contribution is 2.42. The lowest BCUT2D eigenvalue weighted by atomic mass is 9.79. The SMILES string of the molecule is C1=CCCC(C(=C(C2=CC=C(c3cccc4c3=CCCC=4)CC2)c2ccccc2)c2ccccc2)=C1. The average Bonchev–Trinajstić information content (AvgIpc) is 2.97. The minimum absolute atomic E-state index is 1.04. The van der Waals surface area contributed by atoms with Gasteiger partial charge in [-0.1, -0.05) is 121 Å². The Morgan fingerprint density at radius 2 is 1.22 bits per heavy atom. The van der Waals surface area contributed by atoms with Gasteiger partial charge in [-0.25, -0.2) is 0 Å². The van der Waals surface area contributed by atoms with Crippen LogP contribution in [0, 0.1) is 0 Å². The molecule has 3 aliphatic carbocycles. The van der Waals surface area contributed by atoms with Crippen molar-refractivity contribution < 1.29 is 0 Å². The fourth-order valence-corrected chi connectivity index (χ4v) is 5.81. The summed E-state index contributed by atoms with van der Waals surface area (Å²) in [5, 5.41) is 2.82. The zero-order chi connectivity index (χ0) is 24.2. The van der Waals surface area contributed by atoms with E-state index in [1.807, 2.05) is 0 Å². The van der Waals surface area contributed by atoms with E-state index in [1.165, 1.54) is 55.0 Å². The normalized spacial score (nSPS) is 17.5. The van der Waals surface area contributed by atoms with E-state index in [0.29, 0.717) is 0 Å². The third-order valence-corrected chi connectivity index (χ3v) is 7.55. The second-order valence-corrected chi connectivity index (χ2v) is 9.82. The summed E-state index contributed by atoms with van der Waals surface area (Å²) in [5.74, 6) is 0. The van der Waals surface area contributed by atoms with Crippen molar-refractivity contribution in [3.8, 4) is 0 Å². The van der Waals surface area contributed by atoms with Crippen LogP contribution in [0.4, 0.5) is 0 Å². The van der Waals surface area contributed by atoms with E-state index in [1.54, 1.807) is 0 Å². The fraction of sp³-hybridized carbons (Fsp3) is 0.167. The summed E-state index contributed by atoms with van der Waals surface area (Å²) < 4.78 is 0. The first-order valence-electron chi connectivity index (χ1n) is 13.3. The summed E-state index contributed by atoms with van der Waals surface area (Å²) in [6.07, 6.45) is 23.0. The topological polar surface area (TPSA) is 0 Å². The van der Waals surface area contributed by atoms with E-state index >= 15 is 0 Å². The van der Waals surface area contributed by atoms with Crippen molar-refractivity contribution in [2.75, 3.05) is 0 Å². The minimum Gasteiger partial charge on any atom is -0.0842 e. The molecule has 3 aromatic rings. The van der Waals surface area contributed by atoms with Crippen LogP contribution in [0.2, 0.25) is 0 Å². The van der Waals surface area contributed by atoms with Crippen molar-refractivity contribution >= 4 is 28.9 Å². The molecule has 0 bridgehead atoms. The van der Waals surface area contributed by atoms with Crippen molar-refractivity contribution in [2.24, 2.45) is 0 Å². The van der Waals surface area contributed by atoms with Gasteiger partial charge in [-0.15, -0.1) is 0 Å². The van der Waals surface area contributed by atoms with Crippen LogP contribution in [0.1, 0.15) is 55.2 Å². The first-order chi connectivity index (χ1) is 17.9. The van der Waals surface area contributed by atoms with E-state index in [4.69, 9.17) is 0 Å². The van der Waals surface area contributed by atoms with Gasteiger partial charge < -0.3 is 0 Å². The van der Waals surface area contributed by atoms with Gasteiger partial charge in [0.2, 0.25) is 0 Å². The molecule has 0 saturated heterocycles. The Morgan fingerprint density at radius 3 is 1.86 bits per heavy atom. The molecule has 0 spiro atoms. The van der Waals surface area contributed by atoms with E-state index < -0.39 is 0 Å². The lowest BCUT2D eigenvalue weighted by molar-refractivity contribution is 0.990. The van der Waals surface area contributed by atoms with Crippen LogP contribution in [0.3, 0.4) is 0 Å². The summed E-state index contributed by atoms with van der Waals surface area (Å²) in [6, 6.07) is 28.8. The average molecular weight is 465 g/mol. The van der Waals surface area contributed by atoms with Crippen molar-refractivity contribution in [1.82, 2.24) is 0 Å². The summed E-state index contributed by atoms with van der Waals surface area (Å²) in [6.45, 7) is 0. The highest BCUT2D eigenvalue weighted by molar-refractivity contribution is 6.04. The second kappa shape index (κ2) is 10.4. The van der Waals surface area contributed by atoms with Crippen LogP contribution < -0.4 is 10.4 Å². The quantitative estimate of drug-likeness (QED) is 0.335. The molecule has 0 N–H and O–H groups in total. The number of benzene rings is 3. The van der Waals surface area contributed by atoms with Crippen LogP contribution in [-0.4, -0.2) is 0 Å². The van der Waals surface area contributed by atoms with Gasteiger partial charge >= 0.3 is 0 Å². The van der Waals surface area contributed by atoms with Crippen molar-refractivity contribution in [3.63, 3.8) is 0 Å². The standard InChI is InChI=1S/C36H32/c1-4-14-29(15-5-1)35(30-16-6-2-7-17-30)36(31-18-8-3-9-19-31)32-25-23-28(24-26-32)34-22-12-20-27-13-10-11-21-33(27)34/h1-6,8-9,12-16,18-23,25H,7,10-11,17,24,26H2. The molecule has 0 nitrogen and oxygen atoms in total. The largest absolute Gasteiger partial charge is 0.0842 e. The Hall–Kier alpha value is -3.90. The molecule has 0 heterocycles. The summed E-state index contributed by atoms with van der Waals surface area (Å²) >= 11 is 0. The van der Waals surface area contributed by atoms with E-state index in [0.717, 1.165) is 38.5 Å². The Balaban J connectivity index is 1.54. The number of fused-ring (bicyclic) bond motifs is 1. The summed E-state index contributed by atoms with van der Waals surface area (Å²) in [5.41, 5.74) is 11.1. The highest BCUT2D eigenvalue weighted by Gasteiger charge is 2.21. The zero-order valence-electron chi connectivity index (χ0n) is 20.8. The maximum absolute atomic E-state index is 2.43. The molecule has 0 atom stereocenters. The molecule has 3 aliphatic rings. The first kappa shape index (κ1) is 22.6. The molecule has 0 fully saturated rings. The van der Waals surface area contributed by atoms with Crippen LogP contribution in [0.25, 0.3) is 28.9 Å². The molecule has 0 aliphatic heterocycles. The van der Waals surface area contributed by atoms with Gasteiger partial charge in [0, 0.05) is 0 Å². The second-order valence-electron chi connectivity index (χ2n) is 9.82. The molecular formula is C36H32. The number of rotatable bonds is 5. The molecule has 176 valence electrons. The molecule has 6 rings (SSSR count). The number of hydrogen-bond donors (Lipinski definition) is 0. The summed E-state index contributed by atoms with van der Waals surface area (Å²) in [4.78, 5) is 0. The van der Waals surface area contributed by atoms with E-state index in [-0.39, 0.29) is 0 Å². The van der Waals surface area contributed by atoms with E-state index in [9.17, 15) is 0 Å². The molecule has 0 radical (unpaired) electrons. The Labute approximate surface area is 214 Å². The maximum atomic E-state index is 2.43. The molecule has 36 heavy (non-hydrogen) atoms. The molecule has 0 saturated carbocycles. The summed E-state index contributed by atoms with van der Waals surface area (Å²) in [7, 11) is 0. The predicted molar refractivity (Wildman–Crippen MR) is 155 cm³/mol.